The molecule has 1 unspecified atom stereocenters. The number of benzene rings is 2. The van der Waals surface area contributed by atoms with Gasteiger partial charge in [-0.05, 0) is 36.6 Å². The molecule has 94 valence electrons. The minimum absolute atomic E-state index is 0.112. The Balaban J connectivity index is 2.36. The Hall–Kier alpha value is -1.80. The largest absolute Gasteiger partial charge is 0.496 e. The van der Waals surface area contributed by atoms with Gasteiger partial charge in [0.05, 0.1) is 13.2 Å². The van der Waals surface area contributed by atoms with Gasteiger partial charge >= 0.3 is 0 Å². The maximum Gasteiger partial charge on any atom is 0.122 e. The first-order valence-corrected chi connectivity index (χ1v) is 6.08. The molecule has 0 fully saturated rings. The van der Waals surface area contributed by atoms with Crippen LogP contribution in [0.25, 0.3) is 0 Å². The van der Waals surface area contributed by atoms with Crippen molar-refractivity contribution in [1.82, 2.24) is 0 Å². The molecule has 0 aliphatic heterocycles. The van der Waals surface area contributed by atoms with Gasteiger partial charge in [-0.3, -0.25) is 0 Å². The fourth-order valence-corrected chi connectivity index (χ4v) is 2.09. The molecule has 0 aromatic heterocycles. The van der Waals surface area contributed by atoms with Crippen molar-refractivity contribution in [3.8, 4) is 5.75 Å². The molecule has 2 heteroatoms. The van der Waals surface area contributed by atoms with Gasteiger partial charge in [-0.1, -0.05) is 42.0 Å². The highest BCUT2D eigenvalue weighted by molar-refractivity contribution is 5.41. The second kappa shape index (κ2) is 5.23. The van der Waals surface area contributed by atoms with Crippen LogP contribution in [0.2, 0.25) is 0 Å². The molecular formula is C16H19NO. The summed E-state index contributed by atoms with van der Waals surface area (Å²) >= 11 is 0. The topological polar surface area (TPSA) is 35.2 Å². The average Bonchev–Trinajstić information content (AvgIpc) is 2.38. The summed E-state index contributed by atoms with van der Waals surface area (Å²) in [7, 11) is 1.68. The first-order valence-electron chi connectivity index (χ1n) is 6.08. The molecule has 2 nitrogen and oxygen atoms in total. The van der Waals surface area contributed by atoms with Crippen molar-refractivity contribution in [1.29, 1.82) is 0 Å². The first kappa shape index (κ1) is 12.7. The van der Waals surface area contributed by atoms with E-state index in [1.807, 2.05) is 25.1 Å². The summed E-state index contributed by atoms with van der Waals surface area (Å²) in [6.45, 7) is 4.10. The molecule has 2 N–H and O–H groups in total. The van der Waals surface area contributed by atoms with Crippen molar-refractivity contribution in [2.75, 3.05) is 7.11 Å². The summed E-state index contributed by atoms with van der Waals surface area (Å²) in [6, 6.07) is 14.3. The minimum atomic E-state index is -0.112. The van der Waals surface area contributed by atoms with Crippen molar-refractivity contribution in [3.05, 3.63) is 64.7 Å². The molecule has 0 saturated carbocycles. The molecule has 0 aliphatic carbocycles. The lowest BCUT2D eigenvalue weighted by Gasteiger charge is -2.15. The van der Waals surface area contributed by atoms with Crippen LogP contribution in [0.3, 0.4) is 0 Å². The minimum Gasteiger partial charge on any atom is -0.496 e. The van der Waals surface area contributed by atoms with Crippen LogP contribution in [0.15, 0.2) is 42.5 Å². The van der Waals surface area contributed by atoms with Crippen LogP contribution in [0, 0.1) is 13.8 Å². The van der Waals surface area contributed by atoms with Gasteiger partial charge in [0.2, 0.25) is 0 Å². The average molecular weight is 241 g/mol. The van der Waals surface area contributed by atoms with Crippen molar-refractivity contribution in [2.45, 2.75) is 19.9 Å². The van der Waals surface area contributed by atoms with Crippen LogP contribution < -0.4 is 10.5 Å². The van der Waals surface area contributed by atoms with Crippen LogP contribution in [-0.2, 0) is 0 Å². The summed E-state index contributed by atoms with van der Waals surface area (Å²) in [4.78, 5) is 0. The third-order valence-electron chi connectivity index (χ3n) is 3.19. The maximum atomic E-state index is 6.30. The zero-order valence-electron chi connectivity index (χ0n) is 11.1. The lowest BCUT2D eigenvalue weighted by molar-refractivity contribution is 0.411. The van der Waals surface area contributed by atoms with E-state index in [9.17, 15) is 0 Å². The predicted molar refractivity (Wildman–Crippen MR) is 74.9 cm³/mol. The zero-order chi connectivity index (χ0) is 13.1. The lowest BCUT2D eigenvalue weighted by Crippen LogP contribution is -2.12. The van der Waals surface area contributed by atoms with Gasteiger partial charge in [0.15, 0.2) is 0 Å². The zero-order valence-corrected chi connectivity index (χ0v) is 11.1. The molecule has 0 spiro atoms. The van der Waals surface area contributed by atoms with Crippen molar-refractivity contribution < 1.29 is 4.74 Å². The summed E-state index contributed by atoms with van der Waals surface area (Å²) in [5.74, 6) is 0.885. The quantitative estimate of drug-likeness (QED) is 0.894. The molecule has 0 bridgehead atoms. The molecule has 1 atom stereocenters. The third-order valence-corrected chi connectivity index (χ3v) is 3.19. The summed E-state index contributed by atoms with van der Waals surface area (Å²) in [6.07, 6.45) is 0. The van der Waals surface area contributed by atoms with Gasteiger partial charge in [-0.15, -0.1) is 0 Å². The van der Waals surface area contributed by atoms with Crippen LogP contribution >= 0.6 is 0 Å². The number of hydrogen-bond donors (Lipinski definition) is 1. The number of nitrogens with two attached hydrogens (primary N) is 1. The summed E-state index contributed by atoms with van der Waals surface area (Å²) in [5, 5.41) is 0. The fraction of sp³-hybridized carbons (Fsp3) is 0.250. The molecule has 18 heavy (non-hydrogen) atoms. The van der Waals surface area contributed by atoms with Crippen molar-refractivity contribution in [2.24, 2.45) is 5.73 Å². The van der Waals surface area contributed by atoms with Crippen LogP contribution in [0.4, 0.5) is 0 Å². The molecule has 2 rings (SSSR count). The highest BCUT2D eigenvalue weighted by Crippen LogP contribution is 2.26. The maximum absolute atomic E-state index is 6.30. The molecule has 0 amide bonds. The smallest absolute Gasteiger partial charge is 0.122 e. The van der Waals surface area contributed by atoms with E-state index in [-0.39, 0.29) is 6.04 Å². The molecule has 2 aromatic rings. The van der Waals surface area contributed by atoms with Gasteiger partial charge in [0, 0.05) is 0 Å². The number of rotatable bonds is 3. The Labute approximate surface area is 108 Å². The monoisotopic (exact) mass is 241 g/mol. The van der Waals surface area contributed by atoms with Crippen molar-refractivity contribution >= 4 is 0 Å². The van der Waals surface area contributed by atoms with E-state index >= 15 is 0 Å². The first-order chi connectivity index (χ1) is 8.61. The van der Waals surface area contributed by atoms with Crippen LogP contribution in [0.1, 0.15) is 28.3 Å². The predicted octanol–water partition coefficient (Wildman–Crippen LogP) is 3.36. The van der Waals surface area contributed by atoms with Gasteiger partial charge in [-0.25, -0.2) is 0 Å². The Kier molecular flexibility index (Phi) is 3.68. The van der Waals surface area contributed by atoms with Gasteiger partial charge in [0.1, 0.15) is 5.75 Å². The van der Waals surface area contributed by atoms with Gasteiger partial charge < -0.3 is 10.5 Å². The molecule has 0 saturated heterocycles. The molecular weight excluding hydrogens is 222 g/mol. The SMILES string of the molecule is COc1cc(C(N)c2cccc(C)c2)ccc1C. The third kappa shape index (κ3) is 2.54. The van der Waals surface area contributed by atoms with E-state index in [1.165, 1.54) is 5.56 Å². The molecule has 0 aliphatic rings. The number of hydrogen-bond acceptors (Lipinski definition) is 2. The van der Waals surface area contributed by atoms with E-state index in [2.05, 4.69) is 31.2 Å². The standard InChI is InChI=1S/C16H19NO/c1-11-5-4-6-13(9-11)16(17)14-8-7-12(2)15(10-14)18-3/h4-10,16H,17H2,1-3H3. The molecule has 0 radical (unpaired) electrons. The Morgan fingerprint density at radius 1 is 1.00 bits per heavy atom. The Morgan fingerprint density at radius 3 is 2.39 bits per heavy atom. The van der Waals surface area contributed by atoms with E-state index in [0.717, 1.165) is 22.4 Å². The van der Waals surface area contributed by atoms with Gasteiger partial charge in [0.25, 0.3) is 0 Å². The highest BCUT2D eigenvalue weighted by Gasteiger charge is 2.10. The van der Waals surface area contributed by atoms with E-state index in [0.29, 0.717) is 0 Å². The molecule has 2 aromatic carbocycles. The van der Waals surface area contributed by atoms with E-state index < -0.39 is 0 Å². The summed E-state index contributed by atoms with van der Waals surface area (Å²) in [5.41, 5.74) is 10.8. The second-order valence-electron chi connectivity index (χ2n) is 4.62. The Bertz CT molecular complexity index is 549. The van der Waals surface area contributed by atoms with E-state index in [4.69, 9.17) is 10.5 Å². The lowest BCUT2D eigenvalue weighted by atomic mass is 9.97. The normalized spacial score (nSPS) is 12.2. The summed E-state index contributed by atoms with van der Waals surface area (Å²) < 4.78 is 5.34. The molecule has 0 heterocycles. The number of aryl methyl sites for hydroxylation is 2. The van der Waals surface area contributed by atoms with Gasteiger partial charge in [-0.2, -0.15) is 0 Å². The van der Waals surface area contributed by atoms with Crippen LogP contribution in [-0.4, -0.2) is 7.11 Å². The van der Waals surface area contributed by atoms with Crippen LogP contribution in [0.5, 0.6) is 5.75 Å². The van der Waals surface area contributed by atoms with Crippen molar-refractivity contribution in [3.63, 3.8) is 0 Å². The highest BCUT2D eigenvalue weighted by atomic mass is 16.5. The fourth-order valence-electron chi connectivity index (χ4n) is 2.09. The number of ether oxygens (including phenoxy) is 1. The number of methoxy groups -OCH3 is 1. The van der Waals surface area contributed by atoms with E-state index in [1.54, 1.807) is 7.11 Å². The second-order valence-corrected chi connectivity index (χ2v) is 4.62. The Morgan fingerprint density at radius 2 is 1.72 bits per heavy atom.